The molecular formula is C14H12Cl2N2O2. The Morgan fingerprint density at radius 2 is 1.75 bits per heavy atom. The van der Waals surface area contributed by atoms with Crippen LogP contribution in [0.3, 0.4) is 0 Å². The Balaban J connectivity index is 1.76. The van der Waals surface area contributed by atoms with Gasteiger partial charge in [0.15, 0.2) is 0 Å². The zero-order chi connectivity index (χ0) is 14.0. The van der Waals surface area contributed by atoms with Crippen molar-refractivity contribution in [2.24, 2.45) is 5.92 Å². The SMILES string of the molecule is O=C1[C@@H]2C3CCC(C3)N2C(=O)N1c1cc(Cl)cc(Cl)c1. The molecule has 1 aliphatic carbocycles. The summed E-state index contributed by atoms with van der Waals surface area (Å²) in [7, 11) is 0. The van der Waals surface area contributed by atoms with Gasteiger partial charge in [0.25, 0.3) is 5.91 Å². The van der Waals surface area contributed by atoms with E-state index in [9.17, 15) is 9.59 Å². The third-order valence-corrected chi connectivity index (χ3v) is 5.01. The van der Waals surface area contributed by atoms with Crippen molar-refractivity contribution >= 4 is 40.8 Å². The van der Waals surface area contributed by atoms with Gasteiger partial charge in [0.2, 0.25) is 0 Å². The molecule has 3 fully saturated rings. The van der Waals surface area contributed by atoms with E-state index in [0.717, 1.165) is 19.3 Å². The maximum atomic E-state index is 12.6. The lowest BCUT2D eigenvalue weighted by Gasteiger charge is -2.25. The van der Waals surface area contributed by atoms with Gasteiger partial charge in [0.1, 0.15) is 6.04 Å². The maximum absolute atomic E-state index is 12.6. The largest absolute Gasteiger partial charge is 0.332 e. The fraction of sp³-hybridized carbons (Fsp3) is 0.429. The Labute approximate surface area is 126 Å². The molecule has 1 saturated carbocycles. The summed E-state index contributed by atoms with van der Waals surface area (Å²) in [6, 6.07) is 4.51. The maximum Gasteiger partial charge on any atom is 0.332 e. The first-order valence-electron chi connectivity index (χ1n) is 6.68. The minimum absolute atomic E-state index is 0.138. The summed E-state index contributed by atoms with van der Waals surface area (Å²) in [5.74, 6) is 0.177. The second-order valence-corrected chi connectivity index (χ2v) is 6.54. The molecule has 0 spiro atoms. The van der Waals surface area contributed by atoms with E-state index in [1.54, 1.807) is 23.1 Å². The van der Waals surface area contributed by atoms with E-state index in [2.05, 4.69) is 0 Å². The van der Waals surface area contributed by atoms with Crippen molar-refractivity contribution in [3.63, 3.8) is 0 Å². The molecule has 0 aromatic heterocycles. The third-order valence-electron chi connectivity index (χ3n) is 4.58. The fourth-order valence-electron chi connectivity index (χ4n) is 3.83. The van der Waals surface area contributed by atoms with Crippen LogP contribution in [-0.4, -0.2) is 28.9 Å². The summed E-state index contributed by atoms with van der Waals surface area (Å²) in [5, 5.41) is 0.839. The first-order valence-corrected chi connectivity index (χ1v) is 7.44. The molecule has 3 amide bonds. The van der Waals surface area contributed by atoms with Crippen molar-refractivity contribution in [2.45, 2.75) is 31.3 Å². The zero-order valence-corrected chi connectivity index (χ0v) is 12.1. The number of nitrogens with zero attached hydrogens (tertiary/aromatic N) is 2. The Kier molecular flexibility index (Phi) is 2.57. The standard InChI is InChI=1S/C14H12Cl2N2O2/c15-8-4-9(16)6-11(5-8)18-13(19)12-7-1-2-10(3-7)17(12)14(18)20/h4-7,10,12H,1-3H2/t7?,10?,12-/m0/s1. The molecular weight excluding hydrogens is 299 g/mol. The number of urea groups is 1. The lowest BCUT2D eigenvalue weighted by molar-refractivity contribution is -0.120. The Morgan fingerprint density at radius 3 is 2.40 bits per heavy atom. The topological polar surface area (TPSA) is 40.6 Å². The number of hydrogen-bond acceptors (Lipinski definition) is 2. The van der Waals surface area contributed by atoms with Crippen LogP contribution in [0, 0.1) is 5.92 Å². The molecule has 0 N–H and O–H groups in total. The molecule has 6 heteroatoms. The quantitative estimate of drug-likeness (QED) is 0.747. The first kappa shape index (κ1) is 12.5. The van der Waals surface area contributed by atoms with E-state index >= 15 is 0 Å². The van der Waals surface area contributed by atoms with Crippen molar-refractivity contribution in [3.8, 4) is 0 Å². The second-order valence-electron chi connectivity index (χ2n) is 5.66. The smallest absolute Gasteiger partial charge is 0.309 e. The highest BCUT2D eigenvalue weighted by Crippen LogP contribution is 2.47. The minimum atomic E-state index is -0.279. The van der Waals surface area contributed by atoms with Crippen LogP contribution in [0.5, 0.6) is 0 Å². The van der Waals surface area contributed by atoms with E-state index < -0.39 is 0 Å². The van der Waals surface area contributed by atoms with E-state index in [1.807, 2.05) is 0 Å². The monoisotopic (exact) mass is 310 g/mol. The van der Waals surface area contributed by atoms with Crippen LogP contribution in [0.1, 0.15) is 19.3 Å². The van der Waals surface area contributed by atoms with Crippen LogP contribution >= 0.6 is 23.2 Å². The van der Waals surface area contributed by atoms with Crippen LogP contribution in [0.15, 0.2) is 18.2 Å². The van der Waals surface area contributed by atoms with Gasteiger partial charge in [-0.3, -0.25) is 4.79 Å². The highest BCUT2D eigenvalue weighted by Gasteiger charge is 2.59. The predicted molar refractivity (Wildman–Crippen MR) is 76.1 cm³/mol. The lowest BCUT2D eigenvalue weighted by Crippen LogP contribution is -2.40. The van der Waals surface area contributed by atoms with Crippen molar-refractivity contribution in [1.29, 1.82) is 0 Å². The van der Waals surface area contributed by atoms with Crippen molar-refractivity contribution in [2.75, 3.05) is 4.90 Å². The van der Waals surface area contributed by atoms with Crippen LogP contribution in [0.25, 0.3) is 0 Å². The molecule has 0 radical (unpaired) electrons. The minimum Gasteiger partial charge on any atom is -0.309 e. The number of halogens is 2. The molecule has 2 saturated heterocycles. The summed E-state index contributed by atoms with van der Waals surface area (Å²) in [6.45, 7) is 0. The molecule has 20 heavy (non-hydrogen) atoms. The number of fused-ring (bicyclic) bond motifs is 5. The molecule has 2 unspecified atom stereocenters. The first-order chi connectivity index (χ1) is 9.56. The summed E-state index contributed by atoms with van der Waals surface area (Å²) in [5.41, 5.74) is 0.464. The summed E-state index contributed by atoms with van der Waals surface area (Å²) in [4.78, 5) is 28.1. The highest BCUT2D eigenvalue weighted by molar-refractivity contribution is 6.35. The Morgan fingerprint density at radius 1 is 1.05 bits per heavy atom. The summed E-state index contributed by atoms with van der Waals surface area (Å²) in [6.07, 6.45) is 3.01. The van der Waals surface area contributed by atoms with Gasteiger partial charge in [-0.15, -0.1) is 0 Å². The molecule has 3 aliphatic rings. The van der Waals surface area contributed by atoms with Crippen LogP contribution in [0.4, 0.5) is 10.5 Å². The number of amides is 3. The molecule has 2 aliphatic heterocycles. The number of carbonyl (C=O) groups is 2. The number of rotatable bonds is 1. The Bertz CT molecular complexity index is 585. The fourth-order valence-corrected chi connectivity index (χ4v) is 4.34. The van der Waals surface area contributed by atoms with Gasteiger partial charge in [0, 0.05) is 16.1 Å². The molecule has 4 rings (SSSR count). The van der Waals surface area contributed by atoms with Gasteiger partial charge in [-0.1, -0.05) is 23.2 Å². The summed E-state index contributed by atoms with van der Waals surface area (Å²) >= 11 is 11.9. The molecule has 104 valence electrons. The third kappa shape index (κ3) is 1.55. The van der Waals surface area contributed by atoms with Gasteiger partial charge >= 0.3 is 6.03 Å². The molecule has 3 atom stereocenters. The van der Waals surface area contributed by atoms with Crippen LogP contribution in [-0.2, 0) is 4.79 Å². The van der Waals surface area contributed by atoms with Crippen molar-refractivity contribution in [3.05, 3.63) is 28.2 Å². The number of benzene rings is 1. The van der Waals surface area contributed by atoms with E-state index in [4.69, 9.17) is 23.2 Å². The van der Waals surface area contributed by atoms with Gasteiger partial charge in [-0.2, -0.15) is 0 Å². The predicted octanol–water partition coefficient (Wildman–Crippen LogP) is 3.31. The van der Waals surface area contributed by atoms with E-state index in [1.165, 1.54) is 4.90 Å². The number of hydrogen-bond donors (Lipinski definition) is 0. The van der Waals surface area contributed by atoms with Gasteiger partial charge in [-0.25, -0.2) is 9.69 Å². The Hall–Kier alpha value is -1.26. The summed E-state index contributed by atoms with van der Waals surface area (Å²) < 4.78 is 0. The molecule has 2 heterocycles. The number of piperidine rings is 1. The number of anilines is 1. The van der Waals surface area contributed by atoms with Gasteiger partial charge in [-0.05, 0) is 43.4 Å². The number of imide groups is 1. The second kappa shape index (κ2) is 4.12. The molecule has 1 aromatic rings. The van der Waals surface area contributed by atoms with Gasteiger partial charge in [0.05, 0.1) is 5.69 Å². The van der Waals surface area contributed by atoms with Gasteiger partial charge < -0.3 is 4.90 Å². The normalized spacial score (nSPS) is 31.4. The zero-order valence-electron chi connectivity index (χ0n) is 10.6. The lowest BCUT2D eigenvalue weighted by atomic mass is 9.99. The number of carbonyl (C=O) groups excluding carboxylic acids is 2. The van der Waals surface area contributed by atoms with Crippen molar-refractivity contribution in [1.82, 2.24) is 4.90 Å². The van der Waals surface area contributed by atoms with Crippen LogP contribution in [0.2, 0.25) is 10.0 Å². The average Bonchev–Trinajstić information content (AvgIpc) is 3.02. The molecule has 1 aromatic carbocycles. The highest BCUT2D eigenvalue weighted by atomic mass is 35.5. The molecule has 2 bridgehead atoms. The van der Waals surface area contributed by atoms with Crippen LogP contribution < -0.4 is 4.90 Å². The van der Waals surface area contributed by atoms with Crippen molar-refractivity contribution < 1.29 is 9.59 Å². The van der Waals surface area contributed by atoms with E-state index in [0.29, 0.717) is 21.7 Å². The van der Waals surface area contributed by atoms with E-state index in [-0.39, 0.29) is 24.0 Å². The molecule has 4 nitrogen and oxygen atoms in total. The average molecular weight is 311 g/mol.